The molecule has 1 aromatic carbocycles. The van der Waals surface area contributed by atoms with Gasteiger partial charge in [-0.1, -0.05) is 6.07 Å². The fourth-order valence-corrected chi connectivity index (χ4v) is 3.01. The van der Waals surface area contributed by atoms with Gasteiger partial charge in [0.05, 0.1) is 13.2 Å². The number of nitrogens with two attached hydrogens (primary N) is 1. The zero-order chi connectivity index (χ0) is 12.8. The Kier molecular flexibility index (Phi) is 2.72. The molecule has 0 amide bonds. The predicted molar refractivity (Wildman–Crippen MR) is 67.9 cm³/mol. The predicted octanol–water partition coefficient (Wildman–Crippen LogP) is 2.03. The van der Waals surface area contributed by atoms with E-state index in [-0.39, 0.29) is 11.6 Å². The summed E-state index contributed by atoms with van der Waals surface area (Å²) in [4.78, 5) is 0. The maximum Gasteiger partial charge on any atom is 0.128 e. The van der Waals surface area contributed by atoms with Gasteiger partial charge < -0.3 is 19.9 Å². The van der Waals surface area contributed by atoms with Crippen molar-refractivity contribution < 1.29 is 14.2 Å². The summed E-state index contributed by atoms with van der Waals surface area (Å²) >= 11 is 0. The quantitative estimate of drug-likeness (QED) is 0.871. The molecule has 4 heteroatoms. The van der Waals surface area contributed by atoms with Crippen molar-refractivity contribution in [3.63, 3.8) is 0 Å². The average molecular weight is 249 g/mol. The first-order valence-corrected chi connectivity index (χ1v) is 6.31. The lowest BCUT2D eigenvalue weighted by atomic mass is 9.71. The second-order valence-corrected chi connectivity index (χ2v) is 5.27. The maximum atomic E-state index is 6.25. The van der Waals surface area contributed by atoms with Crippen molar-refractivity contribution in [2.24, 2.45) is 5.73 Å². The number of rotatable bonds is 2. The van der Waals surface area contributed by atoms with Crippen LogP contribution in [0.5, 0.6) is 11.5 Å². The van der Waals surface area contributed by atoms with Gasteiger partial charge in [-0.25, -0.2) is 0 Å². The molecule has 1 atom stereocenters. The molecule has 1 heterocycles. The molecule has 1 aliphatic heterocycles. The topological polar surface area (TPSA) is 53.7 Å². The van der Waals surface area contributed by atoms with Crippen LogP contribution >= 0.6 is 0 Å². The minimum atomic E-state index is -0.126. The summed E-state index contributed by atoms with van der Waals surface area (Å²) < 4.78 is 16.7. The number of fused-ring (bicyclic) bond motifs is 1. The largest absolute Gasteiger partial charge is 0.497 e. The van der Waals surface area contributed by atoms with E-state index in [1.54, 1.807) is 14.2 Å². The first-order valence-electron chi connectivity index (χ1n) is 6.31. The summed E-state index contributed by atoms with van der Waals surface area (Å²) in [7, 11) is 3.40. The Morgan fingerprint density at radius 2 is 2.06 bits per heavy atom. The van der Waals surface area contributed by atoms with Crippen LogP contribution in [0.1, 0.15) is 30.9 Å². The van der Waals surface area contributed by atoms with E-state index in [1.807, 2.05) is 18.2 Å². The normalized spacial score (nSPS) is 33.5. The zero-order valence-electron chi connectivity index (χ0n) is 10.8. The van der Waals surface area contributed by atoms with Crippen molar-refractivity contribution in [1.82, 2.24) is 0 Å². The minimum Gasteiger partial charge on any atom is -0.497 e. The van der Waals surface area contributed by atoms with Crippen LogP contribution < -0.4 is 15.2 Å². The summed E-state index contributed by atoms with van der Waals surface area (Å²) in [6, 6.07) is 5.89. The molecule has 1 aromatic rings. The molecule has 0 aromatic heterocycles. The molecule has 3 rings (SSSR count). The molecule has 98 valence electrons. The fourth-order valence-electron chi connectivity index (χ4n) is 3.01. The third kappa shape index (κ3) is 1.76. The minimum absolute atomic E-state index is 0.0393. The van der Waals surface area contributed by atoms with E-state index in [0.717, 1.165) is 36.3 Å². The summed E-state index contributed by atoms with van der Waals surface area (Å²) in [6.07, 6.45) is 3.03. The number of hydrogen-bond donors (Lipinski definition) is 1. The van der Waals surface area contributed by atoms with E-state index < -0.39 is 0 Å². The summed E-state index contributed by atoms with van der Waals surface area (Å²) in [5.41, 5.74) is 7.19. The highest BCUT2D eigenvalue weighted by molar-refractivity contribution is 5.44. The summed E-state index contributed by atoms with van der Waals surface area (Å²) in [5, 5.41) is 0. The van der Waals surface area contributed by atoms with Gasteiger partial charge in [0.2, 0.25) is 0 Å². The van der Waals surface area contributed by atoms with Crippen molar-refractivity contribution in [2.45, 2.75) is 37.0 Å². The third-order valence-electron chi connectivity index (χ3n) is 4.07. The van der Waals surface area contributed by atoms with Gasteiger partial charge >= 0.3 is 0 Å². The van der Waals surface area contributed by atoms with E-state index in [9.17, 15) is 0 Å². The number of benzene rings is 1. The standard InChI is InChI=1S/C14H19NO3/c1-16-9-3-4-11-12(15)8-14(18-13(11)5-9)6-10(7-14)17-2/h3-5,10,12H,6-8,15H2,1-2H3. The Balaban J connectivity index is 1.87. The Hall–Kier alpha value is -1.26. The van der Waals surface area contributed by atoms with Crippen LogP contribution in [-0.4, -0.2) is 25.9 Å². The van der Waals surface area contributed by atoms with E-state index in [2.05, 4.69) is 0 Å². The SMILES string of the molecule is COc1ccc2c(c1)OC1(CC(OC)C1)CC2N. The molecule has 1 saturated carbocycles. The second kappa shape index (κ2) is 4.14. The molecule has 0 radical (unpaired) electrons. The Morgan fingerprint density at radius 3 is 2.72 bits per heavy atom. The van der Waals surface area contributed by atoms with Crippen LogP contribution in [0.2, 0.25) is 0 Å². The average Bonchev–Trinajstić information content (AvgIpc) is 2.34. The van der Waals surface area contributed by atoms with Crippen molar-refractivity contribution >= 4 is 0 Å². The molecular formula is C14H19NO3. The van der Waals surface area contributed by atoms with Gasteiger partial charge in [-0.2, -0.15) is 0 Å². The second-order valence-electron chi connectivity index (χ2n) is 5.27. The van der Waals surface area contributed by atoms with E-state index in [1.165, 1.54) is 0 Å². The molecule has 0 bridgehead atoms. The lowest BCUT2D eigenvalue weighted by Gasteiger charge is -2.50. The fraction of sp³-hybridized carbons (Fsp3) is 0.571. The first-order chi connectivity index (χ1) is 8.65. The van der Waals surface area contributed by atoms with Crippen LogP contribution in [0.15, 0.2) is 18.2 Å². The van der Waals surface area contributed by atoms with Gasteiger partial charge in [0.1, 0.15) is 17.1 Å². The highest BCUT2D eigenvalue weighted by atomic mass is 16.5. The first kappa shape index (κ1) is 11.8. The number of hydrogen-bond acceptors (Lipinski definition) is 4. The van der Waals surface area contributed by atoms with Crippen LogP contribution in [0.25, 0.3) is 0 Å². The van der Waals surface area contributed by atoms with E-state index in [4.69, 9.17) is 19.9 Å². The van der Waals surface area contributed by atoms with E-state index >= 15 is 0 Å². The van der Waals surface area contributed by atoms with Crippen molar-refractivity contribution in [1.29, 1.82) is 0 Å². The lowest BCUT2D eigenvalue weighted by Crippen LogP contribution is -2.55. The zero-order valence-corrected chi connectivity index (χ0v) is 10.8. The number of methoxy groups -OCH3 is 2. The molecule has 1 unspecified atom stereocenters. The third-order valence-corrected chi connectivity index (χ3v) is 4.07. The molecule has 0 saturated heterocycles. The summed E-state index contributed by atoms with van der Waals surface area (Å²) in [5.74, 6) is 1.67. The highest BCUT2D eigenvalue weighted by Crippen LogP contribution is 2.49. The maximum absolute atomic E-state index is 6.25. The summed E-state index contributed by atoms with van der Waals surface area (Å²) in [6.45, 7) is 0. The van der Waals surface area contributed by atoms with Gasteiger partial charge in [-0.05, 0) is 6.07 Å². The van der Waals surface area contributed by atoms with E-state index in [0.29, 0.717) is 6.10 Å². The van der Waals surface area contributed by atoms with Crippen molar-refractivity contribution in [3.05, 3.63) is 23.8 Å². The smallest absolute Gasteiger partial charge is 0.128 e. The number of ether oxygens (including phenoxy) is 3. The molecule has 1 aliphatic carbocycles. The monoisotopic (exact) mass is 249 g/mol. The molecule has 1 fully saturated rings. The Morgan fingerprint density at radius 1 is 1.28 bits per heavy atom. The molecule has 18 heavy (non-hydrogen) atoms. The van der Waals surface area contributed by atoms with Gasteiger partial charge in [-0.15, -0.1) is 0 Å². The lowest BCUT2D eigenvalue weighted by molar-refractivity contribution is -0.124. The molecular weight excluding hydrogens is 230 g/mol. The van der Waals surface area contributed by atoms with Crippen LogP contribution in [0, 0.1) is 0 Å². The molecule has 2 N–H and O–H groups in total. The van der Waals surface area contributed by atoms with Crippen LogP contribution in [0.4, 0.5) is 0 Å². The molecule has 4 nitrogen and oxygen atoms in total. The van der Waals surface area contributed by atoms with Crippen LogP contribution in [0.3, 0.4) is 0 Å². The van der Waals surface area contributed by atoms with Gasteiger partial charge in [-0.3, -0.25) is 0 Å². The van der Waals surface area contributed by atoms with Gasteiger partial charge in [0, 0.05) is 44.0 Å². The van der Waals surface area contributed by atoms with Gasteiger partial charge in [0.15, 0.2) is 0 Å². The van der Waals surface area contributed by atoms with Gasteiger partial charge in [0.25, 0.3) is 0 Å². The Bertz CT molecular complexity index is 454. The van der Waals surface area contributed by atoms with Crippen LogP contribution in [-0.2, 0) is 4.74 Å². The van der Waals surface area contributed by atoms with Crippen molar-refractivity contribution in [3.8, 4) is 11.5 Å². The Labute approximate surface area is 107 Å². The molecule has 2 aliphatic rings. The molecule has 1 spiro atoms. The van der Waals surface area contributed by atoms with Crippen molar-refractivity contribution in [2.75, 3.05) is 14.2 Å². The highest BCUT2D eigenvalue weighted by Gasteiger charge is 2.50.